The van der Waals surface area contributed by atoms with Crippen LogP contribution in [0.5, 0.6) is 0 Å². The molecule has 0 bridgehead atoms. The molecule has 5 unspecified atom stereocenters. The highest BCUT2D eigenvalue weighted by molar-refractivity contribution is 5.96. The molecule has 0 N–H and O–H groups in total. The number of carbonyl (C=O) groups excluding carboxylic acids is 1. The van der Waals surface area contributed by atoms with Crippen molar-refractivity contribution < 1.29 is 19.0 Å². The lowest BCUT2D eigenvalue weighted by Gasteiger charge is -2.40. The number of hydrogen-bond donors (Lipinski definition) is 0. The highest BCUT2D eigenvalue weighted by atomic mass is 16.6. The Kier molecular flexibility index (Phi) is 5.50. The minimum absolute atomic E-state index is 0.0672. The van der Waals surface area contributed by atoms with Crippen LogP contribution in [0.25, 0.3) is 0 Å². The number of carbonyl (C=O) groups is 1. The quantitative estimate of drug-likeness (QED) is 0.483. The number of fused-ring (bicyclic) bond motifs is 1. The van der Waals surface area contributed by atoms with Gasteiger partial charge in [-0.15, -0.1) is 0 Å². The van der Waals surface area contributed by atoms with Crippen LogP contribution in [-0.2, 0) is 14.2 Å². The van der Waals surface area contributed by atoms with Crippen LogP contribution in [0.3, 0.4) is 0 Å². The number of benzene rings is 2. The average Bonchev–Trinajstić information content (AvgIpc) is 3.69. The Morgan fingerprint density at radius 3 is 2.16 bits per heavy atom. The maximum Gasteiger partial charge on any atom is 0.419 e. The predicted molar refractivity (Wildman–Crippen MR) is 124 cm³/mol. The van der Waals surface area contributed by atoms with Crippen molar-refractivity contribution in [2.24, 2.45) is 5.92 Å². The SMILES string of the molecule is CC1(C)OC1CCC(C)(OC(=O)N(c1ccccc1)c1ccccc1)C1CCC2OC2C1. The van der Waals surface area contributed by atoms with Gasteiger partial charge in [0.25, 0.3) is 0 Å². The lowest BCUT2D eigenvalue weighted by atomic mass is 9.75. The fraction of sp³-hybridized carbons (Fsp3) is 0.519. The van der Waals surface area contributed by atoms with E-state index in [0.29, 0.717) is 12.2 Å². The topological polar surface area (TPSA) is 54.6 Å². The molecule has 2 heterocycles. The number of epoxide rings is 2. The van der Waals surface area contributed by atoms with E-state index in [1.165, 1.54) is 0 Å². The zero-order valence-corrected chi connectivity index (χ0v) is 19.2. The molecule has 0 spiro atoms. The van der Waals surface area contributed by atoms with Gasteiger partial charge in [-0.1, -0.05) is 36.4 Å². The van der Waals surface area contributed by atoms with Gasteiger partial charge in [0.15, 0.2) is 0 Å². The fourth-order valence-electron chi connectivity index (χ4n) is 5.21. The van der Waals surface area contributed by atoms with Crippen molar-refractivity contribution in [2.45, 2.75) is 82.4 Å². The first-order valence-electron chi connectivity index (χ1n) is 11.8. The third-order valence-electron chi connectivity index (χ3n) is 7.47. The van der Waals surface area contributed by atoms with Crippen LogP contribution in [0, 0.1) is 5.92 Å². The van der Waals surface area contributed by atoms with Gasteiger partial charge in [-0.3, -0.25) is 0 Å². The molecule has 0 aromatic heterocycles. The number of anilines is 2. The standard InChI is InChI=1S/C27H33NO4/c1-26(2)24(31-26)16-17-27(3,19-14-15-22-23(18-19)30-22)32-25(29)28(20-10-6-4-7-11-20)21-12-8-5-9-13-21/h4-13,19,22-24H,14-18H2,1-3H3. The van der Waals surface area contributed by atoms with Crippen molar-refractivity contribution in [3.05, 3.63) is 60.7 Å². The van der Waals surface area contributed by atoms with Gasteiger partial charge in [0.05, 0.1) is 35.3 Å². The molecule has 3 aliphatic rings. The molecule has 0 radical (unpaired) electrons. The van der Waals surface area contributed by atoms with Crippen LogP contribution in [-0.4, -0.2) is 35.6 Å². The Morgan fingerprint density at radius 2 is 1.62 bits per heavy atom. The molecule has 1 amide bonds. The molecule has 2 aromatic carbocycles. The summed E-state index contributed by atoms with van der Waals surface area (Å²) in [5, 5.41) is 0. The van der Waals surface area contributed by atoms with E-state index in [2.05, 4.69) is 20.8 Å². The monoisotopic (exact) mass is 435 g/mol. The first-order chi connectivity index (χ1) is 15.4. The first kappa shape index (κ1) is 21.5. The number of para-hydroxylation sites is 2. The molecule has 32 heavy (non-hydrogen) atoms. The summed E-state index contributed by atoms with van der Waals surface area (Å²) >= 11 is 0. The summed E-state index contributed by atoms with van der Waals surface area (Å²) < 4.78 is 18.1. The molecular formula is C27H33NO4. The van der Waals surface area contributed by atoms with E-state index in [1.54, 1.807) is 4.90 Å². The maximum atomic E-state index is 13.7. The Labute approximate surface area is 190 Å². The molecule has 5 rings (SSSR count). The number of ether oxygens (including phenoxy) is 3. The summed E-state index contributed by atoms with van der Waals surface area (Å²) in [6.45, 7) is 6.36. The van der Waals surface area contributed by atoms with Crippen molar-refractivity contribution in [2.75, 3.05) is 4.90 Å². The maximum absolute atomic E-state index is 13.7. The molecule has 5 atom stereocenters. The second-order valence-corrected chi connectivity index (χ2v) is 10.2. The highest BCUT2D eigenvalue weighted by Crippen LogP contribution is 2.48. The third kappa shape index (κ3) is 4.41. The minimum Gasteiger partial charge on any atom is -0.442 e. The van der Waals surface area contributed by atoms with Crippen molar-refractivity contribution in [1.29, 1.82) is 0 Å². The second-order valence-electron chi connectivity index (χ2n) is 10.2. The minimum atomic E-state index is -0.572. The molecule has 5 heteroatoms. The zero-order valence-electron chi connectivity index (χ0n) is 19.2. The zero-order chi connectivity index (χ0) is 22.3. The van der Waals surface area contributed by atoms with Crippen LogP contribution < -0.4 is 4.90 Å². The van der Waals surface area contributed by atoms with Crippen molar-refractivity contribution >= 4 is 17.5 Å². The highest BCUT2D eigenvalue weighted by Gasteiger charge is 2.53. The van der Waals surface area contributed by atoms with Crippen LogP contribution in [0.15, 0.2) is 60.7 Å². The van der Waals surface area contributed by atoms with Crippen molar-refractivity contribution in [3.8, 4) is 0 Å². The normalized spacial score (nSPS) is 29.3. The molecule has 170 valence electrons. The Bertz CT molecular complexity index is 907. The van der Waals surface area contributed by atoms with Gasteiger partial charge >= 0.3 is 6.09 Å². The number of nitrogens with zero attached hydrogens (tertiary/aromatic N) is 1. The van der Waals surface area contributed by atoms with E-state index >= 15 is 0 Å². The van der Waals surface area contributed by atoms with Gasteiger partial charge < -0.3 is 14.2 Å². The van der Waals surface area contributed by atoms with Crippen LogP contribution in [0.2, 0.25) is 0 Å². The molecular weight excluding hydrogens is 402 g/mol. The van der Waals surface area contributed by atoms with E-state index in [1.807, 2.05) is 60.7 Å². The van der Waals surface area contributed by atoms with Gasteiger partial charge in [-0.25, -0.2) is 9.69 Å². The van der Waals surface area contributed by atoms with Gasteiger partial charge in [-0.2, -0.15) is 0 Å². The summed E-state index contributed by atoms with van der Waals surface area (Å²) in [5.74, 6) is 0.283. The van der Waals surface area contributed by atoms with Gasteiger partial charge in [-0.05, 0) is 77.1 Å². The average molecular weight is 436 g/mol. The van der Waals surface area contributed by atoms with Crippen LogP contribution in [0.4, 0.5) is 16.2 Å². The van der Waals surface area contributed by atoms with Crippen LogP contribution in [0.1, 0.15) is 52.9 Å². The van der Waals surface area contributed by atoms with Crippen molar-refractivity contribution in [1.82, 2.24) is 0 Å². The van der Waals surface area contributed by atoms with Crippen LogP contribution >= 0.6 is 0 Å². The summed E-state index contributed by atoms with van der Waals surface area (Å²) in [6.07, 6.45) is 5.35. The molecule has 2 saturated heterocycles. The smallest absolute Gasteiger partial charge is 0.419 e. The molecule has 2 aliphatic heterocycles. The van der Waals surface area contributed by atoms with E-state index in [-0.39, 0.29) is 23.7 Å². The third-order valence-corrected chi connectivity index (χ3v) is 7.47. The van der Waals surface area contributed by atoms with Crippen molar-refractivity contribution in [3.63, 3.8) is 0 Å². The summed E-state index contributed by atoms with van der Waals surface area (Å²) in [7, 11) is 0. The Morgan fingerprint density at radius 1 is 1.03 bits per heavy atom. The Balaban J connectivity index is 1.39. The van der Waals surface area contributed by atoms with Gasteiger partial charge in [0, 0.05) is 5.92 Å². The number of hydrogen-bond acceptors (Lipinski definition) is 4. The summed E-state index contributed by atoms with van der Waals surface area (Å²) in [5.41, 5.74) is 0.957. The number of amides is 1. The molecule has 1 aliphatic carbocycles. The Hall–Kier alpha value is -2.37. The van der Waals surface area contributed by atoms with Gasteiger partial charge in [0.2, 0.25) is 0 Å². The lowest BCUT2D eigenvalue weighted by molar-refractivity contribution is -0.0349. The van der Waals surface area contributed by atoms with E-state index in [4.69, 9.17) is 14.2 Å². The molecule has 5 nitrogen and oxygen atoms in total. The fourth-order valence-corrected chi connectivity index (χ4v) is 5.21. The molecule has 2 aromatic rings. The summed E-state index contributed by atoms with van der Waals surface area (Å²) in [4.78, 5) is 15.4. The van der Waals surface area contributed by atoms with E-state index in [0.717, 1.165) is 43.5 Å². The van der Waals surface area contributed by atoms with E-state index < -0.39 is 5.60 Å². The molecule has 3 fully saturated rings. The van der Waals surface area contributed by atoms with Gasteiger partial charge in [0.1, 0.15) is 5.60 Å². The first-order valence-corrected chi connectivity index (χ1v) is 11.8. The second kappa shape index (κ2) is 8.20. The summed E-state index contributed by atoms with van der Waals surface area (Å²) in [6, 6.07) is 19.4. The molecule has 1 saturated carbocycles. The predicted octanol–water partition coefficient (Wildman–Crippen LogP) is 6.25. The largest absolute Gasteiger partial charge is 0.442 e. The lowest BCUT2D eigenvalue weighted by Crippen LogP contribution is -2.45. The number of rotatable bonds is 7. The van der Waals surface area contributed by atoms with E-state index in [9.17, 15) is 4.79 Å².